The van der Waals surface area contributed by atoms with Gasteiger partial charge in [0.1, 0.15) is 4.49 Å². The lowest BCUT2D eigenvalue weighted by atomic mass is 9.95. The van der Waals surface area contributed by atoms with Crippen LogP contribution in [0.2, 0.25) is 0 Å². The van der Waals surface area contributed by atoms with Gasteiger partial charge in [0.2, 0.25) is 0 Å². The van der Waals surface area contributed by atoms with Crippen molar-refractivity contribution in [3.8, 4) is 22.3 Å². The average Bonchev–Trinajstić information content (AvgIpc) is 2.76. The van der Waals surface area contributed by atoms with Gasteiger partial charge in [-0.3, -0.25) is 0 Å². The molecule has 0 bridgehead atoms. The van der Waals surface area contributed by atoms with Crippen molar-refractivity contribution < 1.29 is 0 Å². The third-order valence-corrected chi connectivity index (χ3v) is 5.13. The van der Waals surface area contributed by atoms with E-state index in [0.717, 1.165) is 27.8 Å². The lowest BCUT2D eigenvalue weighted by molar-refractivity contribution is 1.53. The van der Waals surface area contributed by atoms with Crippen LogP contribution in [0.5, 0.6) is 0 Å². The summed E-state index contributed by atoms with van der Waals surface area (Å²) in [4.78, 5) is 0. The summed E-state index contributed by atoms with van der Waals surface area (Å²) in [5, 5.41) is 0. The summed E-state index contributed by atoms with van der Waals surface area (Å²) in [6.07, 6.45) is 0. The number of rotatable bonds is 4. The lowest BCUT2D eigenvalue weighted by Gasteiger charge is -2.11. The predicted octanol–water partition coefficient (Wildman–Crippen LogP) is 8.22. The Kier molecular flexibility index (Phi) is 5.62. The van der Waals surface area contributed by atoms with Crippen molar-refractivity contribution in [1.82, 2.24) is 0 Å². The van der Waals surface area contributed by atoms with E-state index in [-0.39, 0.29) is 4.49 Å². The zero-order valence-corrected chi connectivity index (χ0v) is 16.7. The molecule has 0 aromatic heterocycles. The first-order chi connectivity index (χ1) is 13.7. The van der Waals surface area contributed by atoms with E-state index in [1.807, 2.05) is 36.4 Å². The zero-order valence-electron chi connectivity index (χ0n) is 15.1. The molecule has 4 rings (SSSR count). The summed E-state index contributed by atoms with van der Waals surface area (Å²) in [5.74, 6) is 0. The third-order valence-electron chi connectivity index (χ3n) is 4.75. The summed E-state index contributed by atoms with van der Waals surface area (Å²) in [5.41, 5.74) is 7.51. The molecule has 2 heteroatoms. The molecule has 136 valence electrons. The quantitative estimate of drug-likeness (QED) is 0.323. The first-order valence-corrected chi connectivity index (χ1v) is 9.85. The Hall–Kier alpha value is -2.80. The molecule has 0 radical (unpaired) electrons. The van der Waals surface area contributed by atoms with Crippen molar-refractivity contribution in [2.45, 2.75) is 0 Å². The Morgan fingerprint density at radius 2 is 0.714 bits per heavy atom. The summed E-state index contributed by atoms with van der Waals surface area (Å²) < 4.78 is 0.264. The molecule has 0 aliphatic rings. The Bertz CT molecular complexity index is 990. The highest BCUT2D eigenvalue weighted by Gasteiger charge is 2.10. The van der Waals surface area contributed by atoms with Gasteiger partial charge in [-0.25, -0.2) is 0 Å². The highest BCUT2D eigenvalue weighted by atomic mass is 35.5. The summed E-state index contributed by atoms with van der Waals surface area (Å²) in [6.45, 7) is 0. The van der Waals surface area contributed by atoms with Crippen LogP contribution < -0.4 is 0 Å². The van der Waals surface area contributed by atoms with Crippen LogP contribution >= 0.6 is 23.2 Å². The maximum Gasteiger partial charge on any atom is 0.115 e. The molecule has 0 unspecified atom stereocenters. The maximum absolute atomic E-state index is 6.27. The monoisotopic (exact) mass is 400 g/mol. The van der Waals surface area contributed by atoms with E-state index >= 15 is 0 Å². The van der Waals surface area contributed by atoms with Crippen LogP contribution in [-0.4, -0.2) is 0 Å². The smallest absolute Gasteiger partial charge is 0.0702 e. The van der Waals surface area contributed by atoms with Gasteiger partial charge < -0.3 is 0 Å². The van der Waals surface area contributed by atoms with E-state index in [4.69, 9.17) is 23.2 Å². The Balaban J connectivity index is 1.66. The maximum atomic E-state index is 6.27. The van der Waals surface area contributed by atoms with Crippen LogP contribution in [0, 0.1) is 0 Å². The molecule has 0 N–H and O–H groups in total. The highest BCUT2D eigenvalue weighted by Crippen LogP contribution is 2.33. The highest BCUT2D eigenvalue weighted by molar-refractivity contribution is 6.59. The minimum Gasteiger partial charge on any atom is -0.0702 e. The van der Waals surface area contributed by atoms with E-state index in [0.29, 0.717) is 0 Å². The van der Waals surface area contributed by atoms with Gasteiger partial charge in [0.25, 0.3) is 0 Å². The molecule has 0 aliphatic carbocycles. The van der Waals surface area contributed by atoms with Gasteiger partial charge in [-0.15, -0.1) is 0 Å². The molecule has 0 atom stereocenters. The fourth-order valence-corrected chi connectivity index (χ4v) is 3.74. The molecule has 0 fully saturated rings. The van der Waals surface area contributed by atoms with Crippen molar-refractivity contribution in [1.29, 1.82) is 0 Å². The van der Waals surface area contributed by atoms with Crippen LogP contribution in [-0.2, 0) is 0 Å². The molecule has 0 heterocycles. The summed E-state index contributed by atoms with van der Waals surface area (Å²) in [7, 11) is 0. The Labute approximate surface area is 175 Å². The molecular formula is C26H18Cl2. The standard InChI is InChI=1S/C26H18Cl2/c27-26(28)25(23-15-11-21(12-16-23)19-7-3-1-4-8-19)24-17-13-22(14-18-24)20-9-5-2-6-10-20/h1-18H. The predicted molar refractivity (Wildman–Crippen MR) is 121 cm³/mol. The minimum absolute atomic E-state index is 0.264. The fourth-order valence-electron chi connectivity index (χ4n) is 3.30. The van der Waals surface area contributed by atoms with Crippen molar-refractivity contribution in [2.24, 2.45) is 0 Å². The lowest BCUT2D eigenvalue weighted by Crippen LogP contribution is -1.90. The normalized spacial score (nSPS) is 10.5. The largest absolute Gasteiger partial charge is 0.115 e. The van der Waals surface area contributed by atoms with E-state index < -0.39 is 0 Å². The second-order valence-electron chi connectivity index (χ2n) is 6.52. The van der Waals surface area contributed by atoms with Crippen LogP contribution in [0.3, 0.4) is 0 Å². The number of benzene rings is 4. The van der Waals surface area contributed by atoms with Crippen molar-refractivity contribution in [2.75, 3.05) is 0 Å². The number of hydrogen-bond donors (Lipinski definition) is 0. The van der Waals surface area contributed by atoms with Gasteiger partial charge in [0.15, 0.2) is 0 Å². The molecule has 0 aliphatic heterocycles. The number of hydrogen-bond acceptors (Lipinski definition) is 0. The van der Waals surface area contributed by atoms with Gasteiger partial charge in [-0.05, 0) is 33.4 Å². The van der Waals surface area contributed by atoms with Gasteiger partial charge in [-0.2, -0.15) is 0 Å². The van der Waals surface area contributed by atoms with E-state index in [2.05, 4.69) is 72.8 Å². The van der Waals surface area contributed by atoms with Crippen molar-refractivity contribution in [3.05, 3.63) is 125 Å². The van der Waals surface area contributed by atoms with Crippen LogP contribution in [0.25, 0.3) is 27.8 Å². The van der Waals surface area contributed by atoms with Gasteiger partial charge >= 0.3 is 0 Å². The van der Waals surface area contributed by atoms with Crippen LogP contribution in [0.4, 0.5) is 0 Å². The van der Waals surface area contributed by atoms with E-state index in [1.165, 1.54) is 11.1 Å². The molecule has 0 saturated carbocycles. The SMILES string of the molecule is ClC(Cl)=C(c1ccc(-c2ccccc2)cc1)c1ccc(-c2ccccc2)cc1. The molecule has 0 spiro atoms. The Morgan fingerprint density at radius 1 is 0.393 bits per heavy atom. The second-order valence-corrected chi connectivity index (χ2v) is 7.47. The molecule has 0 amide bonds. The Morgan fingerprint density at radius 3 is 1.04 bits per heavy atom. The summed E-state index contributed by atoms with van der Waals surface area (Å²) in [6, 6.07) is 37.2. The first-order valence-electron chi connectivity index (χ1n) is 9.09. The molecule has 28 heavy (non-hydrogen) atoms. The molecule has 4 aromatic carbocycles. The third kappa shape index (κ3) is 4.04. The van der Waals surface area contributed by atoms with Gasteiger partial charge in [0.05, 0.1) is 0 Å². The number of halogens is 2. The summed E-state index contributed by atoms with van der Waals surface area (Å²) >= 11 is 12.5. The fraction of sp³-hybridized carbons (Fsp3) is 0. The van der Waals surface area contributed by atoms with Crippen molar-refractivity contribution >= 4 is 28.8 Å². The molecule has 0 nitrogen and oxygen atoms in total. The average molecular weight is 401 g/mol. The minimum atomic E-state index is 0.264. The van der Waals surface area contributed by atoms with Gasteiger partial charge in [-0.1, -0.05) is 132 Å². The van der Waals surface area contributed by atoms with Crippen LogP contribution in [0.15, 0.2) is 114 Å². The van der Waals surface area contributed by atoms with Gasteiger partial charge in [0, 0.05) is 5.57 Å². The first kappa shape index (κ1) is 18.6. The van der Waals surface area contributed by atoms with E-state index in [9.17, 15) is 0 Å². The molecular weight excluding hydrogens is 383 g/mol. The molecule has 4 aromatic rings. The topological polar surface area (TPSA) is 0 Å². The molecule has 0 saturated heterocycles. The van der Waals surface area contributed by atoms with Crippen LogP contribution in [0.1, 0.15) is 11.1 Å². The second kappa shape index (κ2) is 8.48. The van der Waals surface area contributed by atoms with Crippen molar-refractivity contribution in [3.63, 3.8) is 0 Å². The zero-order chi connectivity index (χ0) is 19.3. The van der Waals surface area contributed by atoms with E-state index in [1.54, 1.807) is 0 Å².